The van der Waals surface area contributed by atoms with Crippen LogP contribution in [0.4, 0.5) is 0 Å². The molecule has 2 aromatic rings. The number of carboxylic acid groups (broad SMARTS) is 1. The number of aryl methyl sites for hydroxylation is 2. The van der Waals surface area contributed by atoms with E-state index >= 15 is 0 Å². The van der Waals surface area contributed by atoms with Gasteiger partial charge in [0.05, 0.1) is 11.7 Å². The summed E-state index contributed by atoms with van der Waals surface area (Å²) in [5, 5.41) is 12.1. The lowest BCUT2D eigenvalue weighted by atomic mass is 9.99. The molecule has 0 aliphatic heterocycles. The van der Waals surface area contributed by atoms with Crippen LogP contribution in [-0.4, -0.2) is 29.3 Å². The summed E-state index contributed by atoms with van der Waals surface area (Å²) in [6.45, 7) is 4.11. The number of hydrogen-bond acceptors (Lipinski definition) is 3. The zero-order chi connectivity index (χ0) is 17.5. The van der Waals surface area contributed by atoms with Crippen molar-refractivity contribution in [3.8, 4) is 0 Å². The number of carbonyl (C=O) groups is 2. The van der Waals surface area contributed by atoms with Gasteiger partial charge in [-0.1, -0.05) is 48.0 Å². The second-order valence-electron chi connectivity index (χ2n) is 5.66. The lowest BCUT2D eigenvalue weighted by molar-refractivity contribution is -0.138. The Morgan fingerprint density at radius 2 is 1.83 bits per heavy atom. The number of carbonyl (C=O) groups excluding carboxylic acids is 1. The van der Waals surface area contributed by atoms with Gasteiger partial charge in [-0.3, -0.25) is 9.59 Å². The summed E-state index contributed by atoms with van der Waals surface area (Å²) in [5.74, 6) is -1.57. The summed E-state index contributed by atoms with van der Waals surface area (Å²) in [7, 11) is 0. The molecule has 1 atom stereocenters. The van der Waals surface area contributed by atoms with Crippen LogP contribution >= 0.6 is 11.8 Å². The zero-order valence-electron chi connectivity index (χ0n) is 13.8. The topological polar surface area (TPSA) is 66.4 Å². The molecule has 126 valence electrons. The van der Waals surface area contributed by atoms with Crippen molar-refractivity contribution in [2.75, 3.05) is 12.3 Å². The van der Waals surface area contributed by atoms with Gasteiger partial charge in [0, 0.05) is 11.4 Å². The number of benzene rings is 2. The SMILES string of the molecule is Cc1ccc(C)c(SCC(=O)NCC(C(=O)O)c2ccccc2)c1. The van der Waals surface area contributed by atoms with E-state index in [0.717, 1.165) is 16.0 Å². The summed E-state index contributed by atoms with van der Waals surface area (Å²) in [5.41, 5.74) is 2.97. The first-order valence-corrected chi connectivity index (χ1v) is 8.70. The maximum absolute atomic E-state index is 12.0. The van der Waals surface area contributed by atoms with Gasteiger partial charge in [-0.05, 0) is 31.0 Å². The van der Waals surface area contributed by atoms with Gasteiger partial charge in [0.15, 0.2) is 0 Å². The second kappa shape index (κ2) is 8.55. The van der Waals surface area contributed by atoms with Gasteiger partial charge in [-0.15, -0.1) is 11.8 Å². The van der Waals surface area contributed by atoms with Crippen molar-refractivity contribution in [1.29, 1.82) is 0 Å². The number of carboxylic acids is 1. The van der Waals surface area contributed by atoms with Crippen molar-refractivity contribution in [2.24, 2.45) is 0 Å². The van der Waals surface area contributed by atoms with Gasteiger partial charge >= 0.3 is 5.97 Å². The molecule has 2 rings (SSSR count). The maximum Gasteiger partial charge on any atom is 0.312 e. The Balaban J connectivity index is 1.90. The van der Waals surface area contributed by atoms with Crippen LogP contribution in [0.5, 0.6) is 0 Å². The van der Waals surface area contributed by atoms with E-state index in [1.54, 1.807) is 24.3 Å². The van der Waals surface area contributed by atoms with Crippen molar-refractivity contribution in [3.63, 3.8) is 0 Å². The molecule has 0 radical (unpaired) electrons. The molecule has 1 unspecified atom stereocenters. The Labute approximate surface area is 146 Å². The van der Waals surface area contributed by atoms with Gasteiger partial charge in [0.2, 0.25) is 5.91 Å². The Hall–Kier alpha value is -2.27. The standard InChI is InChI=1S/C19H21NO3S/c1-13-8-9-14(2)17(10-13)24-12-18(21)20-11-16(19(22)23)15-6-4-3-5-7-15/h3-10,16H,11-12H2,1-2H3,(H,20,21)(H,22,23). The summed E-state index contributed by atoms with van der Waals surface area (Å²) >= 11 is 1.47. The summed E-state index contributed by atoms with van der Waals surface area (Å²) in [4.78, 5) is 24.5. The molecule has 0 aliphatic rings. The van der Waals surface area contributed by atoms with Crippen molar-refractivity contribution in [2.45, 2.75) is 24.7 Å². The van der Waals surface area contributed by atoms with Gasteiger partial charge < -0.3 is 10.4 Å². The predicted molar refractivity (Wildman–Crippen MR) is 96.5 cm³/mol. The summed E-state index contributed by atoms with van der Waals surface area (Å²) in [6.07, 6.45) is 0. The Kier molecular flexibility index (Phi) is 6.44. The Morgan fingerprint density at radius 3 is 2.50 bits per heavy atom. The number of aliphatic carboxylic acids is 1. The molecule has 0 saturated carbocycles. The number of amides is 1. The highest BCUT2D eigenvalue weighted by molar-refractivity contribution is 8.00. The Bertz CT molecular complexity index is 716. The van der Waals surface area contributed by atoms with Gasteiger partial charge in [-0.25, -0.2) is 0 Å². The highest BCUT2D eigenvalue weighted by Crippen LogP contribution is 2.23. The van der Waals surface area contributed by atoms with Crippen LogP contribution in [-0.2, 0) is 9.59 Å². The molecule has 0 aliphatic carbocycles. The fourth-order valence-electron chi connectivity index (χ4n) is 2.31. The molecule has 1 amide bonds. The van der Waals surface area contributed by atoms with Crippen molar-refractivity contribution < 1.29 is 14.7 Å². The van der Waals surface area contributed by atoms with Gasteiger partial charge in [0.25, 0.3) is 0 Å². The van der Waals surface area contributed by atoms with E-state index in [2.05, 4.69) is 11.4 Å². The third kappa shape index (κ3) is 5.13. The molecule has 0 aromatic heterocycles. The summed E-state index contributed by atoms with van der Waals surface area (Å²) in [6, 6.07) is 15.1. The summed E-state index contributed by atoms with van der Waals surface area (Å²) < 4.78 is 0. The molecule has 0 spiro atoms. The molecule has 0 saturated heterocycles. The van der Waals surface area contributed by atoms with Gasteiger partial charge in [-0.2, -0.15) is 0 Å². The lowest BCUT2D eigenvalue weighted by Gasteiger charge is -2.14. The molecule has 5 heteroatoms. The fourth-order valence-corrected chi connectivity index (χ4v) is 3.26. The lowest BCUT2D eigenvalue weighted by Crippen LogP contribution is -2.32. The van der Waals surface area contributed by atoms with Crippen LogP contribution in [0.15, 0.2) is 53.4 Å². The predicted octanol–water partition coefficient (Wildman–Crippen LogP) is 3.38. The smallest absolute Gasteiger partial charge is 0.312 e. The van der Waals surface area contributed by atoms with E-state index in [1.807, 2.05) is 32.0 Å². The van der Waals surface area contributed by atoms with Crippen LogP contribution in [0.25, 0.3) is 0 Å². The number of rotatable bonds is 7. The van der Waals surface area contributed by atoms with E-state index < -0.39 is 11.9 Å². The molecule has 24 heavy (non-hydrogen) atoms. The molecular formula is C19H21NO3S. The van der Waals surface area contributed by atoms with Crippen molar-refractivity contribution in [1.82, 2.24) is 5.32 Å². The molecule has 0 bridgehead atoms. The molecule has 2 aromatic carbocycles. The number of hydrogen-bond donors (Lipinski definition) is 2. The third-order valence-electron chi connectivity index (χ3n) is 3.71. The minimum Gasteiger partial charge on any atom is -0.481 e. The minimum atomic E-state index is -0.941. The van der Waals surface area contributed by atoms with E-state index in [1.165, 1.54) is 11.8 Å². The molecule has 2 N–H and O–H groups in total. The first-order chi connectivity index (χ1) is 11.5. The quantitative estimate of drug-likeness (QED) is 0.757. The monoisotopic (exact) mass is 343 g/mol. The van der Waals surface area contributed by atoms with Crippen molar-refractivity contribution >= 4 is 23.6 Å². The number of thioether (sulfide) groups is 1. The third-order valence-corrected chi connectivity index (χ3v) is 4.86. The van der Waals surface area contributed by atoms with E-state index in [9.17, 15) is 14.7 Å². The number of nitrogens with one attached hydrogen (secondary N) is 1. The second-order valence-corrected chi connectivity index (χ2v) is 6.68. The largest absolute Gasteiger partial charge is 0.481 e. The highest BCUT2D eigenvalue weighted by Gasteiger charge is 2.20. The van der Waals surface area contributed by atoms with E-state index in [0.29, 0.717) is 5.56 Å². The average Bonchev–Trinajstić information content (AvgIpc) is 2.56. The zero-order valence-corrected chi connectivity index (χ0v) is 14.6. The van der Waals surface area contributed by atoms with Crippen LogP contribution in [0.2, 0.25) is 0 Å². The first-order valence-electron chi connectivity index (χ1n) is 7.72. The van der Waals surface area contributed by atoms with Crippen LogP contribution < -0.4 is 5.32 Å². The van der Waals surface area contributed by atoms with Crippen LogP contribution in [0.1, 0.15) is 22.6 Å². The highest BCUT2D eigenvalue weighted by atomic mass is 32.2. The van der Waals surface area contributed by atoms with Crippen LogP contribution in [0.3, 0.4) is 0 Å². The van der Waals surface area contributed by atoms with E-state index in [-0.39, 0.29) is 18.2 Å². The normalized spacial score (nSPS) is 11.8. The van der Waals surface area contributed by atoms with E-state index in [4.69, 9.17) is 0 Å². The molecule has 4 nitrogen and oxygen atoms in total. The van der Waals surface area contributed by atoms with Crippen molar-refractivity contribution in [3.05, 3.63) is 65.2 Å². The average molecular weight is 343 g/mol. The first kappa shape index (κ1) is 18.1. The van der Waals surface area contributed by atoms with Gasteiger partial charge in [0.1, 0.15) is 0 Å². The molecule has 0 heterocycles. The maximum atomic E-state index is 12.0. The molecular weight excluding hydrogens is 322 g/mol. The minimum absolute atomic E-state index is 0.0888. The fraction of sp³-hybridized carbons (Fsp3) is 0.263. The van der Waals surface area contributed by atoms with Crippen LogP contribution in [0, 0.1) is 13.8 Å². The Morgan fingerprint density at radius 1 is 1.12 bits per heavy atom. The molecule has 0 fully saturated rings.